The van der Waals surface area contributed by atoms with Crippen molar-refractivity contribution in [1.82, 2.24) is 4.98 Å². The van der Waals surface area contributed by atoms with Gasteiger partial charge in [-0.2, -0.15) is 21.6 Å². The lowest BCUT2D eigenvalue weighted by Crippen LogP contribution is -2.60. The lowest BCUT2D eigenvalue weighted by molar-refractivity contribution is -0.846. The number of hydrogen-bond acceptors (Lipinski definition) is 6. The van der Waals surface area contributed by atoms with Gasteiger partial charge in [0.2, 0.25) is 0 Å². The smallest absolute Gasteiger partial charge is 0.449 e. The van der Waals surface area contributed by atoms with Crippen LogP contribution >= 0.6 is 0 Å². The minimum absolute atomic E-state index is 0.138. The van der Waals surface area contributed by atoms with Crippen molar-refractivity contribution < 1.29 is 40.1 Å². The van der Waals surface area contributed by atoms with Crippen LogP contribution in [0.3, 0.4) is 0 Å². The van der Waals surface area contributed by atoms with Crippen LogP contribution in [-0.4, -0.2) is 54.7 Å². The number of alkyl halides is 3. The predicted molar refractivity (Wildman–Crippen MR) is 146 cm³/mol. The number of carboxylic acid groups (broad SMARTS) is 1. The Morgan fingerprint density at radius 1 is 1.07 bits per heavy atom. The summed E-state index contributed by atoms with van der Waals surface area (Å²) < 4.78 is 74.8. The van der Waals surface area contributed by atoms with Crippen molar-refractivity contribution in [2.24, 2.45) is 0 Å². The molecule has 41 heavy (non-hydrogen) atoms. The van der Waals surface area contributed by atoms with Gasteiger partial charge in [0, 0.05) is 56.0 Å². The number of aryl methyl sites for hydroxylation is 1. The minimum Gasteiger partial charge on any atom is -0.449 e. The van der Waals surface area contributed by atoms with Crippen LogP contribution in [0.1, 0.15) is 47.6 Å². The first-order chi connectivity index (χ1) is 19.4. The number of fused-ring (bicyclic) bond motifs is 1. The fraction of sp³-hybridized carbons (Fsp3) is 0.379. The molecule has 2 unspecified atom stereocenters. The summed E-state index contributed by atoms with van der Waals surface area (Å²) >= 11 is 0. The van der Waals surface area contributed by atoms with Gasteiger partial charge in [-0.3, -0.25) is 4.98 Å². The lowest BCUT2D eigenvalue weighted by atomic mass is 9.98. The zero-order valence-electron chi connectivity index (χ0n) is 22.4. The number of sulfonamides is 1. The molecule has 3 aromatic rings. The number of benzene rings is 2. The number of ether oxygens (including phenoxy) is 1. The topological polar surface area (TPSA) is 96.8 Å². The number of hydrogen-bond donors (Lipinski definition) is 1. The second kappa shape index (κ2) is 11.0. The van der Waals surface area contributed by atoms with Gasteiger partial charge in [-0.15, -0.1) is 0 Å². The average Bonchev–Trinajstić information content (AvgIpc) is 3.36. The van der Waals surface area contributed by atoms with Crippen LogP contribution in [0.25, 0.3) is 0 Å². The van der Waals surface area contributed by atoms with Crippen LogP contribution < -0.4 is 9.64 Å². The van der Waals surface area contributed by atoms with E-state index >= 15 is 0 Å². The molecule has 0 spiro atoms. The molecule has 2 heterocycles. The van der Waals surface area contributed by atoms with E-state index in [-0.39, 0.29) is 17.4 Å². The lowest BCUT2D eigenvalue weighted by Gasteiger charge is -2.47. The second-order valence-electron chi connectivity index (χ2n) is 10.6. The van der Waals surface area contributed by atoms with Crippen LogP contribution in [0, 0.1) is 0 Å². The number of halogens is 3. The first-order valence-electron chi connectivity index (χ1n) is 13.3. The molecular weight excluding hydrogens is 559 g/mol. The van der Waals surface area contributed by atoms with E-state index in [2.05, 4.69) is 9.88 Å². The number of aromatic nitrogens is 1. The Morgan fingerprint density at radius 2 is 1.76 bits per heavy atom. The van der Waals surface area contributed by atoms with E-state index in [1.165, 1.54) is 24.3 Å². The van der Waals surface area contributed by atoms with Crippen LogP contribution in [0.2, 0.25) is 0 Å². The molecule has 2 atom stereocenters. The largest absolute Gasteiger partial charge is 0.511 e. The molecule has 1 aliphatic heterocycles. The minimum atomic E-state index is -4.69. The summed E-state index contributed by atoms with van der Waals surface area (Å²) in [5, 5.41) is 9.00. The Balaban J connectivity index is 1.53. The quantitative estimate of drug-likeness (QED) is 0.211. The molecule has 12 heteroatoms. The molecule has 0 bridgehead atoms. The third-order valence-corrected chi connectivity index (χ3v) is 10.9. The normalized spacial score (nSPS) is 19.4. The number of pyridine rings is 1. The number of anilines is 1. The highest BCUT2D eigenvalue weighted by molar-refractivity contribution is 7.85. The summed E-state index contributed by atoms with van der Waals surface area (Å²) in [6, 6.07) is 12.5. The summed E-state index contributed by atoms with van der Waals surface area (Å²) in [6.07, 6.45) is -0.763. The molecule has 0 saturated carbocycles. The molecular formula is C29H31F3N3O5S+. The number of carbonyl (C=O) groups is 1. The average molecular weight is 591 g/mol. The van der Waals surface area contributed by atoms with E-state index in [0.717, 1.165) is 22.9 Å². The maximum atomic E-state index is 14.4. The van der Waals surface area contributed by atoms with Crippen LogP contribution in [0.4, 0.5) is 23.7 Å². The van der Waals surface area contributed by atoms with Gasteiger partial charge in [0.05, 0.1) is 12.6 Å². The second-order valence-corrected chi connectivity index (χ2v) is 12.9. The number of nitrogens with zero attached hydrogens (tertiary/aromatic N) is 3. The summed E-state index contributed by atoms with van der Waals surface area (Å²) in [5.41, 5.74) is 1.27. The third kappa shape index (κ3) is 5.62. The van der Waals surface area contributed by atoms with Gasteiger partial charge in [0.1, 0.15) is 23.6 Å². The number of rotatable bonds is 7. The SMILES string of the molecule is C[N+](C1CCN(c2ccncc2)CC1)(C1CCc2cc(OC(=O)O)ccc21)S(=O)(=O)Cc1ccccc1C(F)(F)F. The van der Waals surface area contributed by atoms with Gasteiger partial charge in [0.15, 0.2) is 0 Å². The highest BCUT2D eigenvalue weighted by Gasteiger charge is 2.54. The summed E-state index contributed by atoms with van der Waals surface area (Å²) in [6.45, 7) is 1.17. The number of quaternary nitrogens is 1. The van der Waals surface area contributed by atoms with Crippen LogP contribution in [-0.2, 0) is 28.4 Å². The molecule has 1 aromatic heterocycles. The van der Waals surface area contributed by atoms with Crippen LogP contribution in [0.5, 0.6) is 5.75 Å². The standard InChI is InChI=1S/C29H30F3N3O5S/c1-35(23-12-16-34(17-13-23)22-10-14-33-15-11-22,27-9-6-20-18-24(40-28(36)37)7-8-25(20)27)41(38,39)19-21-4-2-3-5-26(21)29(30,31)32/h2-5,7-8,10-11,14-15,18,23,27H,6,9,12-13,16-17,19H2,1H3/p+1. The molecule has 2 aromatic carbocycles. The molecule has 5 rings (SSSR count). The van der Waals surface area contributed by atoms with Gasteiger partial charge in [-0.25, -0.2) is 8.68 Å². The fourth-order valence-electron chi connectivity index (χ4n) is 6.39. The maximum absolute atomic E-state index is 14.4. The van der Waals surface area contributed by atoms with Crippen molar-refractivity contribution in [3.63, 3.8) is 0 Å². The Morgan fingerprint density at radius 3 is 2.41 bits per heavy atom. The Bertz CT molecular complexity index is 1530. The molecule has 0 radical (unpaired) electrons. The molecule has 2 aliphatic rings. The molecule has 218 valence electrons. The zero-order chi connectivity index (χ0) is 29.4. The highest BCUT2D eigenvalue weighted by atomic mass is 32.2. The van der Waals surface area contributed by atoms with Gasteiger partial charge in [0.25, 0.3) is 0 Å². The van der Waals surface area contributed by atoms with E-state index < -0.39 is 43.6 Å². The summed E-state index contributed by atoms with van der Waals surface area (Å²) in [5.74, 6) is -0.616. The van der Waals surface area contributed by atoms with E-state index in [1.807, 2.05) is 12.1 Å². The molecule has 1 N–H and O–H groups in total. The Hall–Kier alpha value is -3.64. The first-order valence-corrected chi connectivity index (χ1v) is 14.9. The van der Waals surface area contributed by atoms with Crippen molar-refractivity contribution in [2.75, 3.05) is 25.0 Å². The van der Waals surface area contributed by atoms with Crippen molar-refractivity contribution in [1.29, 1.82) is 0 Å². The first kappa shape index (κ1) is 28.9. The summed E-state index contributed by atoms with van der Waals surface area (Å²) in [7, 11) is -2.57. The highest BCUT2D eigenvalue weighted by Crippen LogP contribution is 2.47. The van der Waals surface area contributed by atoms with Crippen molar-refractivity contribution in [3.8, 4) is 5.75 Å². The van der Waals surface area contributed by atoms with E-state index in [0.29, 0.717) is 38.8 Å². The van der Waals surface area contributed by atoms with E-state index in [1.54, 1.807) is 31.6 Å². The van der Waals surface area contributed by atoms with Gasteiger partial charge in [-0.1, -0.05) is 18.2 Å². The Kier molecular flexibility index (Phi) is 7.73. The molecule has 0 amide bonds. The summed E-state index contributed by atoms with van der Waals surface area (Å²) in [4.78, 5) is 17.3. The monoisotopic (exact) mass is 590 g/mol. The van der Waals surface area contributed by atoms with E-state index in [9.17, 15) is 26.4 Å². The molecule has 1 saturated heterocycles. The van der Waals surface area contributed by atoms with Gasteiger partial charge < -0.3 is 14.7 Å². The van der Waals surface area contributed by atoms with Crippen molar-refractivity contribution in [3.05, 3.63) is 89.2 Å². The van der Waals surface area contributed by atoms with E-state index in [4.69, 9.17) is 9.84 Å². The van der Waals surface area contributed by atoms with Crippen LogP contribution in [0.15, 0.2) is 67.0 Å². The third-order valence-electron chi connectivity index (χ3n) is 8.46. The fourth-order valence-corrected chi connectivity index (χ4v) is 8.59. The number of piperidine rings is 1. The van der Waals surface area contributed by atoms with Gasteiger partial charge >= 0.3 is 22.4 Å². The molecule has 8 nitrogen and oxygen atoms in total. The Labute approximate surface area is 236 Å². The molecule has 1 aliphatic carbocycles. The van der Waals surface area contributed by atoms with Crippen molar-refractivity contribution in [2.45, 2.75) is 49.7 Å². The molecule has 1 fully saturated rings. The van der Waals surface area contributed by atoms with Gasteiger partial charge in [-0.05, 0) is 53.9 Å². The zero-order valence-corrected chi connectivity index (χ0v) is 23.2. The predicted octanol–water partition coefficient (Wildman–Crippen LogP) is 5.79. The maximum Gasteiger partial charge on any atom is 0.511 e. The van der Waals surface area contributed by atoms with Crippen molar-refractivity contribution >= 4 is 21.9 Å².